The molecule has 0 rings (SSSR count). The van der Waals surface area contributed by atoms with Crippen LogP contribution in [0.1, 0.15) is 0 Å². The van der Waals surface area contributed by atoms with E-state index in [0.29, 0.717) is 0 Å². The number of hydrogen-bond donors (Lipinski definition) is 0. The Morgan fingerprint density at radius 2 is 0.381 bits per heavy atom. The summed E-state index contributed by atoms with van der Waals surface area (Å²) in [6.45, 7) is 0. The molecule has 0 N–H and O–H groups in total. The topological polar surface area (TPSA) is 265 Å². The summed E-state index contributed by atoms with van der Waals surface area (Å²) >= 11 is 0. The second kappa shape index (κ2) is 49.7. The Labute approximate surface area is 216 Å². The third-order valence-electron chi connectivity index (χ3n) is 0. The smallest absolute Gasteiger partial charge is 1.00 e. The Morgan fingerprint density at radius 3 is 0.381 bits per heavy atom. The van der Waals surface area contributed by atoms with Gasteiger partial charge in [0.2, 0.25) is 0 Å². The number of hydrogen-bond acceptors (Lipinski definition) is 12. The van der Waals surface area contributed by atoms with Gasteiger partial charge in [0.25, 0.3) is 0 Å². The van der Waals surface area contributed by atoms with Gasteiger partial charge in [0.05, 0.1) is 20.3 Å². The molecule has 0 aromatic rings. The fraction of sp³-hybridized carbons (Fsp3) is 0. The molecular weight excluding hydrogens is 439 g/mol. The first-order valence-electron chi connectivity index (χ1n) is 2.19. The van der Waals surface area contributed by atoms with Crippen LogP contribution in [-0.4, -0.2) is 134 Å². The summed E-state index contributed by atoms with van der Waals surface area (Å²) in [5.74, 6) is 0. The molecule has 0 amide bonds. The van der Waals surface area contributed by atoms with Crippen molar-refractivity contribution in [2.75, 3.05) is 0 Å². The van der Waals surface area contributed by atoms with Gasteiger partial charge in [0, 0.05) is 0 Å². The van der Waals surface area contributed by atoms with Crippen molar-refractivity contribution in [1.29, 1.82) is 0 Å². The fourth-order valence-corrected chi connectivity index (χ4v) is 0. The van der Waals surface area contributed by atoms with Crippen molar-refractivity contribution in [1.82, 2.24) is 0 Å². The second-order valence-electron chi connectivity index (χ2n) is 0.894. The molecule has 0 bridgehead atoms. The molecule has 0 radical (unpaired) electrons. The minimum atomic E-state index is -1.75. The molecule has 0 fully saturated rings. The minimum Gasteiger partial charge on any atom is -1.00 e. The molecule has 0 spiro atoms. The summed E-state index contributed by atoms with van der Waals surface area (Å²) in [5, 5.41) is 59.0. The van der Waals surface area contributed by atoms with Gasteiger partial charge in [-0.25, -0.2) is 0 Å². The first-order valence-corrected chi connectivity index (χ1v) is 2.19. The summed E-state index contributed by atoms with van der Waals surface area (Å²) in [6, 6.07) is 0. The predicted octanol–water partition coefficient (Wildman–Crippen LogP) is -8.09. The van der Waals surface area contributed by atoms with Crippen LogP contribution >= 0.6 is 0 Å². The standard InChI is InChI=1S/3Ca.2ClH.4NO3/c;;;;;4*2-1(3)4/h;;;2*1H;;;;/q3*+2;;;4*-1/p-2. The van der Waals surface area contributed by atoms with Crippen LogP contribution in [0.25, 0.3) is 0 Å². The quantitative estimate of drug-likeness (QED) is 0.193. The zero-order valence-corrected chi connectivity index (χ0v) is 17.7. The van der Waals surface area contributed by atoms with E-state index in [1.54, 1.807) is 0 Å². The third-order valence-corrected chi connectivity index (χ3v) is 0. The van der Waals surface area contributed by atoms with Crippen molar-refractivity contribution >= 4 is 113 Å². The SMILES string of the molecule is O=[N+]([O-])[O-].O=[N+]([O-])[O-].O=[N+]([O-])[O-].O=[N+]([O-])[O-].[Ca+2].[Ca+2].[Ca+2].[Cl-].[Cl-]. The summed E-state index contributed by atoms with van der Waals surface area (Å²) < 4.78 is 0. The molecule has 0 atom stereocenters. The maximum absolute atomic E-state index is 8.25. The second-order valence-corrected chi connectivity index (χ2v) is 0.894. The first kappa shape index (κ1) is 57.3. The molecule has 112 valence electrons. The molecule has 0 aromatic carbocycles. The summed E-state index contributed by atoms with van der Waals surface area (Å²) in [4.78, 5) is 33.0. The van der Waals surface area contributed by atoms with Crippen LogP contribution in [0.5, 0.6) is 0 Å². The maximum atomic E-state index is 8.25. The van der Waals surface area contributed by atoms with E-state index in [1.807, 2.05) is 0 Å². The van der Waals surface area contributed by atoms with Crippen LogP contribution in [-0.2, 0) is 0 Å². The van der Waals surface area contributed by atoms with Gasteiger partial charge in [-0.1, -0.05) is 0 Å². The van der Waals surface area contributed by atoms with Gasteiger partial charge in [-0.15, -0.1) is 0 Å². The zero-order chi connectivity index (χ0) is 14.3. The molecule has 0 heterocycles. The van der Waals surface area contributed by atoms with Crippen LogP contribution < -0.4 is 24.8 Å². The van der Waals surface area contributed by atoms with E-state index in [9.17, 15) is 0 Å². The van der Waals surface area contributed by atoms with E-state index in [4.69, 9.17) is 61.3 Å². The van der Waals surface area contributed by atoms with Gasteiger partial charge < -0.3 is 86.1 Å². The third kappa shape index (κ3) is 5780. The van der Waals surface area contributed by atoms with Gasteiger partial charge in [-0.2, -0.15) is 0 Å². The van der Waals surface area contributed by atoms with Gasteiger partial charge in [0.15, 0.2) is 0 Å². The van der Waals surface area contributed by atoms with Crippen molar-refractivity contribution in [3.8, 4) is 0 Å². The zero-order valence-electron chi connectivity index (χ0n) is 9.57. The van der Waals surface area contributed by atoms with E-state index in [2.05, 4.69) is 0 Å². The first-order chi connectivity index (χ1) is 6.93. The number of rotatable bonds is 0. The van der Waals surface area contributed by atoms with E-state index in [0.717, 1.165) is 0 Å². The molecule has 0 aliphatic heterocycles. The molecule has 0 aliphatic rings. The Hall–Kier alpha value is 1.16. The Balaban J connectivity index is -0.0000000121. The van der Waals surface area contributed by atoms with Crippen molar-refractivity contribution < 1.29 is 45.2 Å². The van der Waals surface area contributed by atoms with Crippen LogP contribution in [0.2, 0.25) is 0 Å². The van der Waals surface area contributed by atoms with Crippen molar-refractivity contribution in [2.24, 2.45) is 0 Å². The molecule has 21 heavy (non-hydrogen) atoms. The van der Waals surface area contributed by atoms with Crippen molar-refractivity contribution in [3.63, 3.8) is 0 Å². The van der Waals surface area contributed by atoms with Crippen LogP contribution in [0.3, 0.4) is 0 Å². The molecule has 0 saturated heterocycles. The Kier molecular flexibility index (Phi) is 135. The molecule has 0 saturated carbocycles. The van der Waals surface area contributed by atoms with Crippen molar-refractivity contribution in [2.45, 2.75) is 0 Å². The van der Waals surface area contributed by atoms with Gasteiger partial charge in [0.1, 0.15) is 0 Å². The van der Waals surface area contributed by atoms with Gasteiger partial charge >= 0.3 is 113 Å². The normalized spacial score (nSPS) is 4.57. The largest absolute Gasteiger partial charge is 2.00 e. The molecule has 0 unspecified atom stereocenters. The number of halogens is 2. The molecular formula is Ca3Cl2N4O12. The van der Waals surface area contributed by atoms with E-state index < -0.39 is 20.3 Å². The molecule has 21 heteroatoms. The molecule has 16 nitrogen and oxygen atoms in total. The monoisotopic (exact) mass is 438 g/mol. The average molecular weight is 439 g/mol. The van der Waals surface area contributed by atoms with Gasteiger partial charge in [-0.05, 0) is 0 Å². The summed E-state index contributed by atoms with van der Waals surface area (Å²) in [7, 11) is 0. The van der Waals surface area contributed by atoms with E-state index in [1.165, 1.54) is 0 Å². The van der Waals surface area contributed by atoms with Crippen LogP contribution in [0.15, 0.2) is 0 Å². The summed E-state index contributed by atoms with van der Waals surface area (Å²) in [6.07, 6.45) is 0. The maximum Gasteiger partial charge on any atom is 2.00 e. The van der Waals surface area contributed by atoms with Crippen molar-refractivity contribution in [3.05, 3.63) is 61.3 Å². The van der Waals surface area contributed by atoms with E-state index >= 15 is 0 Å². The van der Waals surface area contributed by atoms with E-state index in [-0.39, 0.29) is 138 Å². The minimum absolute atomic E-state index is 0. The predicted molar refractivity (Wildman–Crippen MR) is 58.7 cm³/mol. The number of nitrogens with zero attached hydrogens (tertiary/aromatic N) is 4. The molecule has 0 aromatic heterocycles. The van der Waals surface area contributed by atoms with Crippen LogP contribution in [0, 0.1) is 61.3 Å². The molecule has 0 aliphatic carbocycles. The average Bonchev–Trinajstić information content (AvgIpc) is 1.76. The fourth-order valence-electron chi connectivity index (χ4n) is 0. The van der Waals surface area contributed by atoms with Crippen LogP contribution in [0.4, 0.5) is 0 Å². The van der Waals surface area contributed by atoms with Gasteiger partial charge in [-0.3, -0.25) is 0 Å². The summed E-state index contributed by atoms with van der Waals surface area (Å²) in [5.41, 5.74) is 0. The Bertz CT molecular complexity index is 175. The Morgan fingerprint density at radius 1 is 0.381 bits per heavy atom.